The number of aliphatic hydroxyl groups excluding tert-OH is 1. The van der Waals surface area contributed by atoms with Gasteiger partial charge in [-0.05, 0) is 39.5 Å². The van der Waals surface area contributed by atoms with Crippen LogP contribution in [-0.4, -0.2) is 46.7 Å². The van der Waals surface area contributed by atoms with E-state index in [9.17, 15) is 23.5 Å². The smallest absolute Gasteiger partial charge is 0.306 e. The number of aliphatic hydroxyl groups is 1. The van der Waals surface area contributed by atoms with Gasteiger partial charge in [-0.25, -0.2) is 0 Å². The molecular weight excluding hydrogens is 416 g/mol. The number of rotatable bonds is 12. The van der Waals surface area contributed by atoms with E-state index in [0.29, 0.717) is 32.2 Å². The van der Waals surface area contributed by atoms with Crippen LogP contribution in [0.1, 0.15) is 70.8 Å². The highest BCUT2D eigenvalue weighted by Crippen LogP contribution is 2.32. The van der Waals surface area contributed by atoms with Crippen molar-refractivity contribution in [1.29, 1.82) is 0 Å². The molecule has 0 bridgehead atoms. The van der Waals surface area contributed by atoms with E-state index in [4.69, 9.17) is 4.74 Å². The fourth-order valence-electron chi connectivity index (χ4n) is 3.85. The summed E-state index contributed by atoms with van der Waals surface area (Å²) in [6.45, 7) is 4.18. The summed E-state index contributed by atoms with van der Waals surface area (Å²) >= 11 is 0. The molecule has 1 aromatic rings. The van der Waals surface area contributed by atoms with Crippen LogP contribution in [0.4, 0.5) is 8.78 Å². The Morgan fingerprint density at radius 2 is 1.91 bits per heavy atom. The number of esters is 1. The Hall–Kier alpha value is -2.28. The second-order valence-corrected chi connectivity index (χ2v) is 8.57. The van der Waals surface area contributed by atoms with Crippen LogP contribution in [0.15, 0.2) is 42.5 Å². The summed E-state index contributed by atoms with van der Waals surface area (Å²) in [7, 11) is 0. The van der Waals surface area contributed by atoms with Crippen LogP contribution in [0.2, 0.25) is 0 Å². The lowest BCUT2D eigenvalue weighted by atomic mass is 9.98. The summed E-state index contributed by atoms with van der Waals surface area (Å²) in [6.07, 6.45) is 6.06. The van der Waals surface area contributed by atoms with Gasteiger partial charge in [-0.3, -0.25) is 9.59 Å². The lowest BCUT2D eigenvalue weighted by Gasteiger charge is -2.34. The molecule has 0 saturated carbocycles. The van der Waals surface area contributed by atoms with Gasteiger partial charge in [0.25, 0.3) is 0 Å². The average molecular weight is 452 g/mol. The number of halogens is 2. The van der Waals surface area contributed by atoms with E-state index < -0.39 is 12.0 Å². The molecule has 178 valence electrons. The van der Waals surface area contributed by atoms with Gasteiger partial charge in [0.15, 0.2) is 0 Å². The standard InChI is InChI=1S/C25H35F2NO4/c1-19(2)32-24(31)15-8-3-4-9-18-28-21(13-10-14-23(28)30)16-17-22(29)25(26,27)20-11-6-5-7-12-20/h5-7,11-12,16-17,19,21-22,29H,3-4,8-10,13-15,18H2,1-2H3/b17-16+/t21-,22-/m1/s1. The second kappa shape index (κ2) is 12.7. The van der Waals surface area contributed by atoms with Gasteiger partial charge in [-0.15, -0.1) is 0 Å². The molecule has 1 heterocycles. The number of ether oxygens (including phenoxy) is 1. The van der Waals surface area contributed by atoms with E-state index in [2.05, 4.69) is 0 Å². The van der Waals surface area contributed by atoms with Gasteiger partial charge < -0.3 is 14.7 Å². The summed E-state index contributed by atoms with van der Waals surface area (Å²) in [5, 5.41) is 10.1. The minimum atomic E-state index is -3.40. The predicted molar refractivity (Wildman–Crippen MR) is 119 cm³/mol. The first-order valence-corrected chi connectivity index (χ1v) is 11.5. The molecule has 1 aliphatic rings. The Balaban J connectivity index is 1.83. The van der Waals surface area contributed by atoms with E-state index >= 15 is 0 Å². The Morgan fingerprint density at radius 3 is 2.59 bits per heavy atom. The molecular formula is C25H35F2NO4. The van der Waals surface area contributed by atoms with E-state index in [1.165, 1.54) is 24.3 Å². The number of alkyl halides is 2. The zero-order chi connectivity index (χ0) is 23.6. The minimum absolute atomic E-state index is 0.00993. The lowest BCUT2D eigenvalue weighted by molar-refractivity contribution is -0.147. The Bertz CT molecular complexity index is 752. The molecule has 0 radical (unpaired) electrons. The van der Waals surface area contributed by atoms with Crippen LogP contribution < -0.4 is 0 Å². The van der Waals surface area contributed by atoms with Crippen LogP contribution >= 0.6 is 0 Å². The number of unbranched alkanes of at least 4 members (excludes halogenated alkanes) is 3. The number of amides is 1. The largest absolute Gasteiger partial charge is 0.463 e. The molecule has 1 aromatic carbocycles. The molecule has 0 aromatic heterocycles. The van der Waals surface area contributed by atoms with E-state index in [-0.39, 0.29) is 29.6 Å². The van der Waals surface area contributed by atoms with Gasteiger partial charge in [-0.1, -0.05) is 55.3 Å². The highest BCUT2D eigenvalue weighted by atomic mass is 19.3. The summed E-state index contributed by atoms with van der Waals surface area (Å²) in [6, 6.07) is 6.94. The van der Waals surface area contributed by atoms with Crippen LogP contribution in [0, 0.1) is 0 Å². The highest BCUT2D eigenvalue weighted by Gasteiger charge is 2.39. The highest BCUT2D eigenvalue weighted by molar-refractivity contribution is 5.77. The van der Waals surface area contributed by atoms with Gasteiger partial charge in [0.1, 0.15) is 6.10 Å². The van der Waals surface area contributed by atoms with E-state index in [1.54, 1.807) is 17.0 Å². The normalized spacial score (nSPS) is 18.4. The maximum absolute atomic E-state index is 14.5. The fraction of sp³-hybridized carbons (Fsp3) is 0.600. The minimum Gasteiger partial charge on any atom is -0.463 e. The number of hydrogen-bond donors (Lipinski definition) is 1. The van der Waals surface area contributed by atoms with Crippen molar-refractivity contribution in [3.8, 4) is 0 Å². The van der Waals surface area contributed by atoms with Crippen LogP contribution in [-0.2, 0) is 20.2 Å². The van der Waals surface area contributed by atoms with Crippen LogP contribution in [0.25, 0.3) is 0 Å². The number of piperidine rings is 1. The number of likely N-dealkylation sites (tertiary alicyclic amines) is 1. The first-order chi connectivity index (χ1) is 15.2. The van der Waals surface area contributed by atoms with Crippen molar-refractivity contribution in [2.75, 3.05) is 6.54 Å². The van der Waals surface area contributed by atoms with Gasteiger partial charge in [0.05, 0.1) is 12.1 Å². The summed E-state index contributed by atoms with van der Waals surface area (Å²) in [4.78, 5) is 25.7. The van der Waals surface area contributed by atoms with Gasteiger partial charge in [0.2, 0.25) is 5.91 Å². The molecule has 0 unspecified atom stereocenters. The number of hydrogen-bond acceptors (Lipinski definition) is 4. The Labute approximate surface area is 189 Å². The summed E-state index contributed by atoms with van der Waals surface area (Å²) < 4.78 is 34.1. The fourth-order valence-corrected chi connectivity index (χ4v) is 3.85. The molecule has 1 aliphatic heterocycles. The third-order valence-corrected chi connectivity index (χ3v) is 5.55. The van der Waals surface area contributed by atoms with Crippen molar-refractivity contribution in [3.05, 3.63) is 48.0 Å². The quantitative estimate of drug-likeness (QED) is 0.277. The molecule has 1 N–H and O–H groups in total. The molecule has 2 rings (SSSR count). The van der Waals surface area contributed by atoms with E-state index in [1.807, 2.05) is 13.8 Å². The molecule has 32 heavy (non-hydrogen) atoms. The van der Waals surface area contributed by atoms with Gasteiger partial charge in [-0.2, -0.15) is 8.78 Å². The summed E-state index contributed by atoms with van der Waals surface area (Å²) in [5.74, 6) is -3.59. The molecule has 2 atom stereocenters. The average Bonchev–Trinajstić information content (AvgIpc) is 2.75. The van der Waals surface area contributed by atoms with Crippen molar-refractivity contribution in [2.24, 2.45) is 0 Å². The van der Waals surface area contributed by atoms with Crippen molar-refractivity contribution < 1.29 is 28.2 Å². The number of carbonyl (C=O) groups excluding carboxylic acids is 2. The molecule has 1 amide bonds. The lowest BCUT2D eigenvalue weighted by Crippen LogP contribution is -2.43. The summed E-state index contributed by atoms with van der Waals surface area (Å²) in [5.41, 5.74) is -0.244. The van der Waals surface area contributed by atoms with Gasteiger partial charge in [0, 0.05) is 24.9 Å². The van der Waals surface area contributed by atoms with E-state index in [0.717, 1.165) is 31.8 Å². The molecule has 7 heteroatoms. The topological polar surface area (TPSA) is 66.8 Å². The molecule has 1 fully saturated rings. The molecule has 0 spiro atoms. The molecule has 0 aliphatic carbocycles. The predicted octanol–water partition coefficient (Wildman–Crippen LogP) is 4.98. The van der Waals surface area contributed by atoms with Crippen molar-refractivity contribution in [2.45, 2.75) is 89.4 Å². The first kappa shape index (κ1) is 26.0. The third-order valence-electron chi connectivity index (χ3n) is 5.55. The maximum Gasteiger partial charge on any atom is 0.306 e. The zero-order valence-electron chi connectivity index (χ0n) is 19.0. The first-order valence-electron chi connectivity index (χ1n) is 11.5. The number of carbonyl (C=O) groups is 2. The molecule has 5 nitrogen and oxygen atoms in total. The van der Waals surface area contributed by atoms with Crippen molar-refractivity contribution in [3.63, 3.8) is 0 Å². The zero-order valence-corrected chi connectivity index (χ0v) is 19.0. The van der Waals surface area contributed by atoms with Crippen LogP contribution in [0.3, 0.4) is 0 Å². The second-order valence-electron chi connectivity index (χ2n) is 8.57. The maximum atomic E-state index is 14.5. The Kier molecular flexibility index (Phi) is 10.3. The number of nitrogens with zero attached hydrogens (tertiary/aromatic N) is 1. The Morgan fingerprint density at radius 1 is 1.22 bits per heavy atom. The SMILES string of the molecule is CC(C)OC(=O)CCCCCCN1C(=O)CCC[C@@H]1/C=C/[C@@H](O)C(F)(F)c1ccccc1. The third kappa shape index (κ3) is 8.01. The van der Waals surface area contributed by atoms with Crippen molar-refractivity contribution in [1.82, 2.24) is 4.90 Å². The molecule has 1 saturated heterocycles. The number of benzene rings is 1. The van der Waals surface area contributed by atoms with Crippen molar-refractivity contribution >= 4 is 11.9 Å². The van der Waals surface area contributed by atoms with Gasteiger partial charge >= 0.3 is 11.9 Å². The monoisotopic (exact) mass is 451 g/mol. The van der Waals surface area contributed by atoms with Crippen LogP contribution in [0.5, 0.6) is 0 Å².